The van der Waals surface area contributed by atoms with Crippen molar-refractivity contribution in [3.63, 3.8) is 0 Å². The molecule has 0 unspecified atom stereocenters. The lowest BCUT2D eigenvalue weighted by Gasteiger charge is -2.26. The molecule has 8 heteroatoms. The summed E-state index contributed by atoms with van der Waals surface area (Å²) in [6, 6.07) is 16.9. The van der Waals surface area contributed by atoms with Crippen molar-refractivity contribution in [2.24, 2.45) is 5.10 Å². The first-order chi connectivity index (χ1) is 13.7. The van der Waals surface area contributed by atoms with Crippen molar-refractivity contribution >= 4 is 35.1 Å². The molecule has 1 aliphatic rings. The van der Waals surface area contributed by atoms with Gasteiger partial charge in [-0.05, 0) is 54.2 Å². The molecule has 146 valence electrons. The van der Waals surface area contributed by atoms with Crippen molar-refractivity contribution < 1.29 is 14.3 Å². The van der Waals surface area contributed by atoms with Crippen LogP contribution in [0.2, 0.25) is 0 Å². The van der Waals surface area contributed by atoms with Gasteiger partial charge >= 0.3 is 0 Å². The van der Waals surface area contributed by atoms with Crippen LogP contribution in [0.15, 0.2) is 59.7 Å². The number of rotatable bonds is 6. The Hall–Kier alpha value is -2.97. The summed E-state index contributed by atoms with van der Waals surface area (Å²) in [6.07, 6.45) is 1.65. The molecule has 0 atom stereocenters. The first-order valence-corrected chi connectivity index (χ1v) is 9.35. The number of para-hydroxylation sites is 1. The molecule has 0 bridgehead atoms. The van der Waals surface area contributed by atoms with Crippen molar-refractivity contribution in [1.82, 2.24) is 10.3 Å². The molecule has 28 heavy (non-hydrogen) atoms. The van der Waals surface area contributed by atoms with Crippen LogP contribution in [0.3, 0.4) is 0 Å². The Bertz CT molecular complexity index is 806. The van der Waals surface area contributed by atoms with Gasteiger partial charge in [-0.15, -0.1) is 0 Å². The summed E-state index contributed by atoms with van der Waals surface area (Å²) in [6.45, 7) is 2.42. The van der Waals surface area contributed by atoms with Gasteiger partial charge in [0.15, 0.2) is 11.7 Å². The van der Waals surface area contributed by atoms with Gasteiger partial charge in [-0.3, -0.25) is 10.2 Å². The molecule has 1 amide bonds. The zero-order valence-corrected chi connectivity index (χ0v) is 16.2. The third-order valence-electron chi connectivity index (χ3n) is 4.02. The number of carbonyl (C=O) groups excluding carboxylic acids is 1. The molecule has 2 N–H and O–H groups in total. The molecule has 0 aromatic heterocycles. The topological polar surface area (TPSA) is 75.2 Å². The van der Waals surface area contributed by atoms with E-state index in [1.807, 2.05) is 42.5 Å². The Balaban J connectivity index is 1.41. The van der Waals surface area contributed by atoms with E-state index in [-0.39, 0.29) is 12.5 Å². The quantitative estimate of drug-likeness (QED) is 0.442. The molecule has 3 rings (SSSR count). The summed E-state index contributed by atoms with van der Waals surface area (Å²) in [4.78, 5) is 13.8. The fraction of sp³-hybridized carbons (Fsp3) is 0.250. The average molecular weight is 398 g/mol. The van der Waals surface area contributed by atoms with Crippen molar-refractivity contribution in [1.29, 1.82) is 0 Å². The second kappa shape index (κ2) is 10.4. The van der Waals surface area contributed by atoms with Crippen LogP contribution < -0.4 is 15.5 Å². The molecule has 1 saturated heterocycles. The van der Waals surface area contributed by atoms with Gasteiger partial charge in [-0.2, -0.15) is 5.10 Å². The number of morpholine rings is 1. The van der Waals surface area contributed by atoms with Crippen LogP contribution in [0.5, 0.6) is 5.75 Å². The fourth-order valence-electron chi connectivity index (χ4n) is 2.55. The van der Waals surface area contributed by atoms with Gasteiger partial charge in [0.25, 0.3) is 5.91 Å². The number of anilines is 1. The largest absolute Gasteiger partial charge is 0.484 e. The number of ether oxygens (including phenoxy) is 2. The van der Waals surface area contributed by atoms with E-state index < -0.39 is 0 Å². The van der Waals surface area contributed by atoms with Crippen molar-refractivity contribution in [3.05, 3.63) is 60.2 Å². The average Bonchev–Trinajstić information content (AvgIpc) is 2.74. The Morgan fingerprint density at radius 2 is 1.86 bits per heavy atom. The summed E-state index contributed by atoms with van der Waals surface area (Å²) in [5.74, 6) is 0.602. The molecule has 1 heterocycles. The first kappa shape index (κ1) is 19.8. The number of hydrogen-bond acceptors (Lipinski definition) is 5. The van der Waals surface area contributed by atoms with E-state index in [0.717, 1.165) is 11.3 Å². The molecule has 2 aromatic rings. The molecule has 0 spiro atoms. The molecule has 0 saturated carbocycles. The molecular weight excluding hydrogens is 376 g/mol. The Morgan fingerprint density at radius 3 is 2.57 bits per heavy atom. The number of carbonyl (C=O) groups is 1. The van der Waals surface area contributed by atoms with Crippen molar-refractivity contribution in [2.75, 3.05) is 38.2 Å². The number of amides is 1. The second-order valence-corrected chi connectivity index (χ2v) is 6.45. The van der Waals surface area contributed by atoms with Crippen LogP contribution in [-0.2, 0) is 9.53 Å². The van der Waals surface area contributed by atoms with E-state index in [4.69, 9.17) is 21.7 Å². The third kappa shape index (κ3) is 6.33. The zero-order chi connectivity index (χ0) is 19.6. The summed E-state index contributed by atoms with van der Waals surface area (Å²) in [5.41, 5.74) is 4.54. The maximum absolute atomic E-state index is 12.1. The lowest BCUT2D eigenvalue weighted by Crippen LogP contribution is -2.42. The number of nitrogens with one attached hydrogen (secondary N) is 2. The van der Waals surface area contributed by atoms with Gasteiger partial charge in [0.2, 0.25) is 0 Å². The van der Waals surface area contributed by atoms with Gasteiger partial charge in [-0.25, -0.2) is 0 Å². The maximum atomic E-state index is 12.1. The molecule has 1 aliphatic heterocycles. The van der Waals surface area contributed by atoms with Gasteiger partial charge in [0, 0.05) is 18.8 Å². The van der Waals surface area contributed by atoms with Crippen LogP contribution in [-0.4, -0.2) is 55.0 Å². The second-order valence-electron chi connectivity index (χ2n) is 6.04. The smallest absolute Gasteiger partial charge is 0.260 e. The maximum Gasteiger partial charge on any atom is 0.260 e. The third-order valence-corrected chi connectivity index (χ3v) is 4.21. The monoisotopic (exact) mass is 398 g/mol. The summed E-state index contributed by atoms with van der Waals surface area (Å²) < 4.78 is 10.8. The number of hydrogen-bond donors (Lipinski definition) is 2. The minimum absolute atomic E-state index is 0.0222. The van der Waals surface area contributed by atoms with E-state index in [0.29, 0.717) is 37.2 Å². The zero-order valence-electron chi connectivity index (χ0n) is 15.3. The summed E-state index contributed by atoms with van der Waals surface area (Å²) in [5, 5.41) is 7.55. The Labute approximate surface area is 169 Å². The van der Waals surface area contributed by atoms with Crippen LogP contribution in [0.1, 0.15) is 5.56 Å². The van der Waals surface area contributed by atoms with Crippen LogP contribution in [0, 0.1) is 0 Å². The summed E-state index contributed by atoms with van der Waals surface area (Å²) >= 11 is 5.19. The highest BCUT2D eigenvalue weighted by atomic mass is 32.1. The SMILES string of the molecule is O=C(COc1ccc(/C=N\NC(=S)Nc2ccccc2)cc1)N1CCOCC1. The normalized spacial score (nSPS) is 13.9. The molecule has 0 radical (unpaired) electrons. The highest BCUT2D eigenvalue weighted by Crippen LogP contribution is 2.11. The molecule has 2 aromatic carbocycles. The Kier molecular flexibility index (Phi) is 7.34. The van der Waals surface area contributed by atoms with Gasteiger partial charge in [-0.1, -0.05) is 18.2 Å². The highest BCUT2D eigenvalue weighted by Gasteiger charge is 2.16. The number of hydrazone groups is 1. The van der Waals surface area contributed by atoms with Crippen molar-refractivity contribution in [3.8, 4) is 5.75 Å². The Morgan fingerprint density at radius 1 is 1.14 bits per heavy atom. The molecule has 7 nitrogen and oxygen atoms in total. The minimum Gasteiger partial charge on any atom is -0.484 e. The minimum atomic E-state index is -0.0300. The van der Waals surface area contributed by atoms with Gasteiger partial charge in [0.05, 0.1) is 19.4 Å². The predicted octanol–water partition coefficient (Wildman–Crippen LogP) is 2.24. The lowest BCUT2D eigenvalue weighted by atomic mass is 10.2. The fourth-order valence-corrected chi connectivity index (χ4v) is 2.72. The highest BCUT2D eigenvalue weighted by molar-refractivity contribution is 7.80. The standard InChI is InChI=1S/C20H22N4O3S/c25-19(24-10-12-26-13-11-24)15-27-18-8-6-16(7-9-18)14-21-23-20(28)22-17-4-2-1-3-5-17/h1-9,14H,10-13,15H2,(H2,22,23,28)/b21-14-. The van der Waals surface area contributed by atoms with E-state index in [1.165, 1.54) is 0 Å². The molecule has 1 fully saturated rings. The van der Waals surface area contributed by atoms with Gasteiger partial charge in [0.1, 0.15) is 5.75 Å². The van der Waals surface area contributed by atoms with Crippen LogP contribution >= 0.6 is 12.2 Å². The van der Waals surface area contributed by atoms with Crippen molar-refractivity contribution in [2.45, 2.75) is 0 Å². The van der Waals surface area contributed by atoms with E-state index in [2.05, 4.69) is 15.8 Å². The summed E-state index contributed by atoms with van der Waals surface area (Å²) in [7, 11) is 0. The number of benzene rings is 2. The van der Waals surface area contributed by atoms with E-state index >= 15 is 0 Å². The van der Waals surface area contributed by atoms with E-state index in [1.54, 1.807) is 23.2 Å². The van der Waals surface area contributed by atoms with Crippen LogP contribution in [0.25, 0.3) is 0 Å². The first-order valence-electron chi connectivity index (χ1n) is 8.94. The lowest BCUT2D eigenvalue weighted by molar-refractivity contribution is -0.137. The predicted molar refractivity (Wildman–Crippen MR) is 113 cm³/mol. The molecule has 0 aliphatic carbocycles. The van der Waals surface area contributed by atoms with Crippen LogP contribution in [0.4, 0.5) is 5.69 Å². The number of nitrogens with zero attached hydrogens (tertiary/aromatic N) is 2. The van der Waals surface area contributed by atoms with Gasteiger partial charge < -0.3 is 19.7 Å². The molecular formula is C20H22N4O3S. The number of thiocarbonyl (C=S) groups is 1. The van der Waals surface area contributed by atoms with E-state index in [9.17, 15) is 4.79 Å².